The summed E-state index contributed by atoms with van der Waals surface area (Å²) >= 11 is 0. The number of halogens is 1. The van der Waals surface area contributed by atoms with Gasteiger partial charge in [0.25, 0.3) is 0 Å². The van der Waals surface area contributed by atoms with Gasteiger partial charge in [-0.25, -0.2) is 0 Å². The molecule has 0 amide bonds. The third kappa shape index (κ3) is 6.33. The van der Waals surface area contributed by atoms with E-state index in [9.17, 15) is 4.79 Å². The van der Waals surface area contributed by atoms with Gasteiger partial charge in [0.05, 0.1) is 5.69 Å². The Kier molecular flexibility index (Phi) is 12.8. The smallest absolute Gasteiger partial charge is 1.00 e. The van der Waals surface area contributed by atoms with Crippen molar-refractivity contribution in [3.8, 4) is 0 Å². The summed E-state index contributed by atoms with van der Waals surface area (Å²) in [7, 11) is 0. The number of carbonyl (C=O) groups is 1. The van der Waals surface area contributed by atoms with Crippen LogP contribution in [0.5, 0.6) is 0 Å². The van der Waals surface area contributed by atoms with Gasteiger partial charge in [-0.3, -0.25) is 4.79 Å². The summed E-state index contributed by atoms with van der Waals surface area (Å²) in [5.41, 5.74) is 1.25. The second-order valence-corrected chi connectivity index (χ2v) is 2.12. The zero-order valence-electron chi connectivity index (χ0n) is 8.04. The monoisotopic (exact) mass is 302 g/mol. The van der Waals surface area contributed by atoms with Crippen LogP contribution in [-0.2, 0) is 0 Å². The first-order valence-electron chi connectivity index (χ1n) is 3.01. The molecule has 68 valence electrons. The van der Waals surface area contributed by atoms with Crippen LogP contribution in [0, 0.1) is 14.4 Å². The van der Waals surface area contributed by atoms with Crippen LogP contribution >= 0.6 is 0 Å². The molecule has 1 rings (SSSR count). The molecule has 1 aromatic heterocycles. The number of rotatable bonds is 1. The van der Waals surface area contributed by atoms with Crippen molar-refractivity contribution in [3.05, 3.63) is 30.9 Å². The molecule has 1 aromatic rings. The Balaban J connectivity index is -0.000000333. The zero-order valence-corrected chi connectivity index (χ0v) is 11.6. The summed E-state index contributed by atoms with van der Waals surface area (Å²) in [6.07, 6.45) is 0. The molecule has 0 bridgehead atoms. The molecule has 0 saturated carbocycles. The molecule has 0 aromatic carbocycles. The van der Waals surface area contributed by atoms with Gasteiger partial charge in [0.2, 0.25) is 0 Å². The maximum Gasteiger partial charge on any atom is 2.00 e. The third-order valence-corrected chi connectivity index (χ3v) is 1.16. The molecule has 5 heteroatoms. The Hall–Kier alpha value is 0.246. The first-order valence-corrected chi connectivity index (χ1v) is 3.01. The SMILES string of the molecule is CC(=O)c1ccc(C)nn1.[CH3-].[I-].[Mg+2]. The van der Waals surface area contributed by atoms with Gasteiger partial charge >= 0.3 is 23.1 Å². The molecule has 0 fully saturated rings. The van der Waals surface area contributed by atoms with Crippen molar-refractivity contribution in [1.82, 2.24) is 10.2 Å². The maximum absolute atomic E-state index is 10.7. The second kappa shape index (κ2) is 8.83. The number of aryl methyl sites for hydroxylation is 1. The minimum absolute atomic E-state index is 0. The van der Waals surface area contributed by atoms with Gasteiger partial charge < -0.3 is 31.4 Å². The van der Waals surface area contributed by atoms with Crippen LogP contribution in [0.1, 0.15) is 23.1 Å². The fraction of sp³-hybridized carbons (Fsp3) is 0.250. The fourth-order valence-electron chi connectivity index (χ4n) is 0.587. The molecule has 0 spiro atoms. The quantitative estimate of drug-likeness (QED) is 0.262. The van der Waals surface area contributed by atoms with Gasteiger partial charge in [-0.1, -0.05) is 0 Å². The van der Waals surface area contributed by atoms with Crippen molar-refractivity contribution in [2.45, 2.75) is 13.8 Å². The summed E-state index contributed by atoms with van der Waals surface area (Å²) in [6.45, 7) is 3.30. The number of Topliss-reactive ketones (excluding diaryl/α,β-unsaturated/α-hetero) is 1. The average Bonchev–Trinajstić information content (AvgIpc) is 1.88. The van der Waals surface area contributed by atoms with Crippen molar-refractivity contribution in [2.24, 2.45) is 0 Å². The summed E-state index contributed by atoms with van der Waals surface area (Å²) in [5.74, 6) is -0.0486. The van der Waals surface area contributed by atoms with Crippen LogP contribution < -0.4 is 24.0 Å². The van der Waals surface area contributed by atoms with Crippen LogP contribution in [0.25, 0.3) is 0 Å². The zero-order chi connectivity index (χ0) is 7.56. The standard InChI is InChI=1S/C7H8N2O.CH3.HI.Mg/c1-5-3-4-7(6(2)10)9-8-5;;;/h3-4H,1-2H3;1H3;1H;/q;-1;;+2/p-1. The number of nitrogens with zero attached hydrogens (tertiary/aromatic N) is 2. The van der Waals surface area contributed by atoms with E-state index in [2.05, 4.69) is 10.2 Å². The van der Waals surface area contributed by atoms with E-state index in [1.54, 1.807) is 12.1 Å². The molecule has 0 radical (unpaired) electrons. The van der Waals surface area contributed by atoms with Crippen molar-refractivity contribution < 1.29 is 28.8 Å². The van der Waals surface area contributed by atoms with Crippen LogP contribution in [-0.4, -0.2) is 39.0 Å². The Morgan fingerprint density at radius 3 is 2.15 bits per heavy atom. The summed E-state index contributed by atoms with van der Waals surface area (Å²) in [4.78, 5) is 10.7. The van der Waals surface area contributed by atoms with Crippen molar-refractivity contribution >= 4 is 28.8 Å². The fourth-order valence-corrected chi connectivity index (χ4v) is 0.587. The largest absolute Gasteiger partial charge is 2.00 e. The van der Waals surface area contributed by atoms with E-state index < -0.39 is 0 Å². The van der Waals surface area contributed by atoms with Crippen molar-refractivity contribution in [3.63, 3.8) is 0 Å². The molecule has 0 aliphatic carbocycles. The third-order valence-electron chi connectivity index (χ3n) is 1.16. The number of carbonyl (C=O) groups excluding carboxylic acids is 1. The molecular formula is C8H11IMgN2O. The van der Waals surface area contributed by atoms with E-state index in [0.29, 0.717) is 5.69 Å². The number of aromatic nitrogens is 2. The van der Waals surface area contributed by atoms with Gasteiger partial charge in [-0.2, -0.15) is 5.10 Å². The van der Waals surface area contributed by atoms with Crippen LogP contribution in [0.15, 0.2) is 12.1 Å². The maximum atomic E-state index is 10.7. The van der Waals surface area contributed by atoms with E-state index in [1.165, 1.54) is 6.92 Å². The van der Waals surface area contributed by atoms with E-state index in [0.717, 1.165) is 5.69 Å². The first kappa shape index (κ1) is 18.9. The van der Waals surface area contributed by atoms with E-state index in [4.69, 9.17) is 0 Å². The summed E-state index contributed by atoms with van der Waals surface area (Å²) in [6, 6.07) is 3.44. The predicted octanol–water partition coefficient (Wildman–Crippen LogP) is -1.94. The molecule has 1 heterocycles. The minimum Gasteiger partial charge on any atom is -1.00 e. The topological polar surface area (TPSA) is 42.9 Å². The van der Waals surface area contributed by atoms with Crippen LogP contribution in [0.2, 0.25) is 0 Å². The van der Waals surface area contributed by atoms with Crippen molar-refractivity contribution in [2.75, 3.05) is 0 Å². The Morgan fingerprint density at radius 1 is 1.31 bits per heavy atom. The molecule has 0 aliphatic heterocycles. The van der Waals surface area contributed by atoms with Gasteiger partial charge in [0.15, 0.2) is 5.78 Å². The van der Waals surface area contributed by atoms with Crippen LogP contribution in [0.3, 0.4) is 0 Å². The predicted molar refractivity (Wildman–Crippen MR) is 48.9 cm³/mol. The molecule has 3 nitrogen and oxygen atoms in total. The van der Waals surface area contributed by atoms with E-state index >= 15 is 0 Å². The van der Waals surface area contributed by atoms with Gasteiger partial charge in [0, 0.05) is 6.92 Å². The summed E-state index contributed by atoms with van der Waals surface area (Å²) in [5, 5.41) is 7.41. The second-order valence-electron chi connectivity index (χ2n) is 2.12. The first-order chi connectivity index (χ1) is 4.70. The van der Waals surface area contributed by atoms with Gasteiger partial charge in [-0.05, 0) is 19.1 Å². The molecule has 0 unspecified atom stereocenters. The molecular weight excluding hydrogens is 291 g/mol. The average molecular weight is 302 g/mol. The normalized spacial score (nSPS) is 7.23. The number of hydrogen-bond acceptors (Lipinski definition) is 3. The van der Waals surface area contributed by atoms with E-state index in [-0.39, 0.29) is 60.2 Å². The van der Waals surface area contributed by atoms with Gasteiger partial charge in [0.1, 0.15) is 5.69 Å². The molecule has 0 aliphatic rings. The molecule has 0 N–H and O–H groups in total. The van der Waals surface area contributed by atoms with Crippen LogP contribution in [0.4, 0.5) is 0 Å². The summed E-state index contributed by atoms with van der Waals surface area (Å²) < 4.78 is 0. The molecule has 0 saturated heterocycles. The minimum atomic E-state index is -0.0486. The molecule has 0 atom stereocenters. The van der Waals surface area contributed by atoms with E-state index in [1.807, 2.05) is 6.92 Å². The Bertz CT molecular complexity index is 251. The van der Waals surface area contributed by atoms with Crippen molar-refractivity contribution in [1.29, 1.82) is 0 Å². The Labute approximate surface area is 112 Å². The van der Waals surface area contributed by atoms with Gasteiger partial charge in [-0.15, -0.1) is 5.10 Å². The number of hydrogen-bond donors (Lipinski definition) is 0. The Morgan fingerprint density at radius 2 is 1.85 bits per heavy atom. The molecule has 13 heavy (non-hydrogen) atoms. The number of ketones is 1.